The first-order valence-electron chi connectivity index (χ1n) is 6.29. The summed E-state index contributed by atoms with van der Waals surface area (Å²) in [6.07, 6.45) is 2.66. The number of hydrogen-bond donors (Lipinski definition) is 2. The second-order valence-corrected chi connectivity index (χ2v) is 4.32. The number of pyridine rings is 1. The molecule has 1 amide bonds. The van der Waals surface area contributed by atoms with E-state index in [9.17, 15) is 9.90 Å². The maximum atomic E-state index is 12.1. The predicted octanol–water partition coefficient (Wildman–Crippen LogP) is 2.75. The molecule has 1 aromatic carbocycles. The number of ether oxygens (including phenoxy) is 1. The van der Waals surface area contributed by atoms with Crippen molar-refractivity contribution in [2.75, 3.05) is 11.9 Å². The Morgan fingerprint density at radius 3 is 2.85 bits per heavy atom. The third-order valence-electron chi connectivity index (χ3n) is 2.67. The van der Waals surface area contributed by atoms with Crippen molar-refractivity contribution in [3.8, 4) is 11.5 Å². The van der Waals surface area contributed by atoms with Crippen molar-refractivity contribution in [3.05, 3.63) is 47.8 Å². The summed E-state index contributed by atoms with van der Waals surface area (Å²) in [5, 5.41) is 12.1. The van der Waals surface area contributed by atoms with Crippen LogP contribution in [-0.4, -0.2) is 22.6 Å². The standard InChI is InChI=1S/C15H16N2O3/c1-3-20-14-6-10(2)4-5-13(14)17-15(19)11-7-12(18)9-16-8-11/h4-9,18H,3H2,1-2H3,(H,17,19). The Bertz CT molecular complexity index is 626. The van der Waals surface area contributed by atoms with E-state index in [-0.39, 0.29) is 17.2 Å². The molecule has 0 aliphatic heterocycles. The molecule has 5 heteroatoms. The molecule has 104 valence electrons. The van der Waals surface area contributed by atoms with Gasteiger partial charge in [-0.3, -0.25) is 9.78 Å². The first-order valence-corrected chi connectivity index (χ1v) is 6.29. The second-order valence-electron chi connectivity index (χ2n) is 4.32. The number of aromatic nitrogens is 1. The van der Waals surface area contributed by atoms with Crippen molar-refractivity contribution in [3.63, 3.8) is 0 Å². The van der Waals surface area contributed by atoms with Gasteiger partial charge < -0.3 is 15.2 Å². The van der Waals surface area contributed by atoms with Crippen LogP contribution in [0, 0.1) is 6.92 Å². The van der Waals surface area contributed by atoms with Crippen molar-refractivity contribution < 1.29 is 14.6 Å². The summed E-state index contributed by atoms with van der Waals surface area (Å²) in [5.41, 5.74) is 1.92. The maximum Gasteiger partial charge on any atom is 0.257 e. The molecule has 1 aromatic heterocycles. The van der Waals surface area contributed by atoms with E-state index in [0.717, 1.165) is 5.56 Å². The monoisotopic (exact) mass is 272 g/mol. The minimum Gasteiger partial charge on any atom is -0.506 e. The third-order valence-corrected chi connectivity index (χ3v) is 2.67. The van der Waals surface area contributed by atoms with Gasteiger partial charge in [-0.05, 0) is 37.6 Å². The minimum atomic E-state index is -0.349. The Labute approximate surface area is 117 Å². The lowest BCUT2D eigenvalue weighted by Gasteiger charge is -2.12. The van der Waals surface area contributed by atoms with Gasteiger partial charge in [0.25, 0.3) is 5.91 Å². The van der Waals surface area contributed by atoms with Gasteiger partial charge >= 0.3 is 0 Å². The number of nitrogens with one attached hydrogen (secondary N) is 1. The van der Waals surface area contributed by atoms with Crippen LogP contribution in [-0.2, 0) is 0 Å². The molecular formula is C15H16N2O3. The number of carbonyl (C=O) groups is 1. The zero-order valence-corrected chi connectivity index (χ0v) is 11.4. The molecule has 0 atom stereocenters. The van der Waals surface area contributed by atoms with Crippen molar-refractivity contribution >= 4 is 11.6 Å². The molecule has 2 rings (SSSR count). The molecule has 0 radical (unpaired) electrons. The van der Waals surface area contributed by atoms with Crippen LogP contribution in [0.25, 0.3) is 0 Å². The molecule has 2 N–H and O–H groups in total. The number of nitrogens with zero attached hydrogens (tertiary/aromatic N) is 1. The van der Waals surface area contributed by atoms with Crippen LogP contribution in [0.5, 0.6) is 11.5 Å². The fourth-order valence-electron chi connectivity index (χ4n) is 1.75. The van der Waals surface area contributed by atoms with Crippen LogP contribution >= 0.6 is 0 Å². The average molecular weight is 272 g/mol. The fraction of sp³-hybridized carbons (Fsp3) is 0.200. The third kappa shape index (κ3) is 3.26. The van der Waals surface area contributed by atoms with Crippen molar-refractivity contribution in [2.45, 2.75) is 13.8 Å². The van der Waals surface area contributed by atoms with Gasteiger partial charge in [0.1, 0.15) is 11.5 Å². The largest absolute Gasteiger partial charge is 0.506 e. The smallest absolute Gasteiger partial charge is 0.257 e. The Morgan fingerprint density at radius 2 is 2.15 bits per heavy atom. The fourth-order valence-corrected chi connectivity index (χ4v) is 1.75. The summed E-state index contributed by atoms with van der Waals surface area (Å²) in [6.45, 7) is 4.35. The van der Waals surface area contributed by atoms with Crippen molar-refractivity contribution in [2.24, 2.45) is 0 Å². The zero-order chi connectivity index (χ0) is 14.5. The molecule has 0 aliphatic carbocycles. The number of aryl methyl sites for hydroxylation is 1. The molecule has 0 fully saturated rings. The summed E-state index contributed by atoms with van der Waals surface area (Å²) < 4.78 is 5.50. The van der Waals surface area contributed by atoms with Gasteiger partial charge in [0.05, 0.1) is 24.1 Å². The van der Waals surface area contributed by atoms with Gasteiger partial charge in [0, 0.05) is 6.20 Å². The van der Waals surface area contributed by atoms with Crippen LogP contribution in [0.3, 0.4) is 0 Å². The number of benzene rings is 1. The van der Waals surface area contributed by atoms with Crippen LogP contribution in [0.1, 0.15) is 22.8 Å². The SMILES string of the molecule is CCOc1cc(C)ccc1NC(=O)c1cncc(O)c1. The number of anilines is 1. The molecule has 2 aromatic rings. The maximum absolute atomic E-state index is 12.1. The molecule has 0 saturated heterocycles. The summed E-state index contributed by atoms with van der Waals surface area (Å²) >= 11 is 0. The molecule has 0 spiro atoms. The van der Waals surface area contributed by atoms with Crippen LogP contribution < -0.4 is 10.1 Å². The molecule has 0 unspecified atom stereocenters. The summed E-state index contributed by atoms with van der Waals surface area (Å²) in [5.74, 6) is 0.221. The zero-order valence-electron chi connectivity index (χ0n) is 11.4. The normalized spacial score (nSPS) is 10.1. The van der Waals surface area contributed by atoms with Crippen molar-refractivity contribution in [1.29, 1.82) is 0 Å². The molecule has 0 saturated carbocycles. The topological polar surface area (TPSA) is 71.5 Å². The van der Waals surface area contributed by atoms with E-state index in [4.69, 9.17) is 4.74 Å². The van der Waals surface area contributed by atoms with E-state index >= 15 is 0 Å². The molecular weight excluding hydrogens is 256 g/mol. The summed E-state index contributed by atoms with van der Waals surface area (Å²) in [6, 6.07) is 6.89. The lowest BCUT2D eigenvalue weighted by molar-refractivity contribution is 0.102. The van der Waals surface area contributed by atoms with E-state index in [1.807, 2.05) is 26.0 Å². The van der Waals surface area contributed by atoms with E-state index < -0.39 is 0 Å². The van der Waals surface area contributed by atoms with Crippen LogP contribution in [0.15, 0.2) is 36.7 Å². The van der Waals surface area contributed by atoms with Gasteiger partial charge in [0.2, 0.25) is 0 Å². The van der Waals surface area contributed by atoms with E-state index in [0.29, 0.717) is 18.0 Å². The molecule has 0 aliphatic rings. The number of amides is 1. The van der Waals surface area contributed by atoms with Gasteiger partial charge in [0.15, 0.2) is 0 Å². The second kappa shape index (κ2) is 6.06. The predicted molar refractivity (Wildman–Crippen MR) is 76.2 cm³/mol. The quantitative estimate of drug-likeness (QED) is 0.897. The highest BCUT2D eigenvalue weighted by Crippen LogP contribution is 2.26. The van der Waals surface area contributed by atoms with Gasteiger partial charge in [-0.25, -0.2) is 0 Å². The van der Waals surface area contributed by atoms with E-state index in [1.165, 1.54) is 18.5 Å². The number of rotatable bonds is 4. The van der Waals surface area contributed by atoms with Crippen LogP contribution in [0.2, 0.25) is 0 Å². The first kappa shape index (κ1) is 13.9. The average Bonchev–Trinajstić information content (AvgIpc) is 2.42. The highest BCUT2D eigenvalue weighted by atomic mass is 16.5. The van der Waals surface area contributed by atoms with E-state index in [2.05, 4.69) is 10.3 Å². The number of aromatic hydroxyl groups is 1. The lowest BCUT2D eigenvalue weighted by Crippen LogP contribution is -2.13. The van der Waals surface area contributed by atoms with E-state index in [1.54, 1.807) is 6.07 Å². The molecule has 0 bridgehead atoms. The lowest BCUT2D eigenvalue weighted by atomic mass is 10.2. The number of carbonyl (C=O) groups excluding carboxylic acids is 1. The van der Waals surface area contributed by atoms with Gasteiger partial charge in [-0.2, -0.15) is 0 Å². The van der Waals surface area contributed by atoms with Crippen LogP contribution in [0.4, 0.5) is 5.69 Å². The minimum absolute atomic E-state index is 0.0495. The molecule has 1 heterocycles. The highest BCUT2D eigenvalue weighted by molar-refractivity contribution is 6.05. The van der Waals surface area contributed by atoms with Crippen molar-refractivity contribution in [1.82, 2.24) is 4.98 Å². The Balaban J connectivity index is 2.23. The Hall–Kier alpha value is -2.56. The summed E-state index contributed by atoms with van der Waals surface area (Å²) in [7, 11) is 0. The Kier molecular flexibility index (Phi) is 4.20. The van der Waals surface area contributed by atoms with Gasteiger partial charge in [-0.1, -0.05) is 6.07 Å². The Morgan fingerprint density at radius 1 is 1.35 bits per heavy atom. The van der Waals surface area contributed by atoms with Gasteiger partial charge in [-0.15, -0.1) is 0 Å². The number of hydrogen-bond acceptors (Lipinski definition) is 4. The first-order chi connectivity index (χ1) is 9.60. The molecule has 20 heavy (non-hydrogen) atoms. The molecule has 5 nitrogen and oxygen atoms in total. The highest BCUT2D eigenvalue weighted by Gasteiger charge is 2.11. The summed E-state index contributed by atoms with van der Waals surface area (Å²) in [4.78, 5) is 15.9.